The molecule has 19 heavy (non-hydrogen) atoms. The molecule has 0 saturated carbocycles. The van der Waals surface area contributed by atoms with Gasteiger partial charge in [-0.2, -0.15) is 0 Å². The Kier molecular flexibility index (Phi) is 5.11. The lowest BCUT2D eigenvalue weighted by molar-refractivity contribution is -0.122. The maximum Gasteiger partial charge on any atom is 0.221 e. The fourth-order valence-electron chi connectivity index (χ4n) is 1.87. The molecule has 4 nitrogen and oxygen atoms in total. The number of rotatable bonds is 6. The van der Waals surface area contributed by atoms with Gasteiger partial charge in [0.15, 0.2) is 0 Å². The molecule has 0 aliphatic carbocycles. The van der Waals surface area contributed by atoms with Crippen molar-refractivity contribution in [3.05, 3.63) is 35.9 Å². The van der Waals surface area contributed by atoms with Gasteiger partial charge in [-0.3, -0.25) is 4.79 Å². The van der Waals surface area contributed by atoms with Crippen LogP contribution in [-0.2, 0) is 21.1 Å². The van der Waals surface area contributed by atoms with E-state index in [1.54, 1.807) is 0 Å². The Bertz CT molecular complexity index is 521. The predicted molar refractivity (Wildman–Crippen MR) is 76.7 cm³/mol. The molecule has 0 saturated heterocycles. The number of benzene rings is 1. The van der Waals surface area contributed by atoms with E-state index in [1.807, 2.05) is 44.2 Å². The van der Waals surface area contributed by atoms with Crippen molar-refractivity contribution >= 4 is 15.7 Å². The number of nitrogens with one attached hydrogen (secondary N) is 1. The van der Waals surface area contributed by atoms with Gasteiger partial charge in [-0.05, 0) is 25.8 Å². The molecule has 0 aromatic heterocycles. The third-order valence-corrected chi connectivity index (χ3v) is 3.61. The van der Waals surface area contributed by atoms with Crippen molar-refractivity contribution in [2.45, 2.75) is 32.2 Å². The zero-order valence-corrected chi connectivity index (χ0v) is 12.5. The Morgan fingerprint density at radius 2 is 1.79 bits per heavy atom. The Morgan fingerprint density at radius 3 is 2.32 bits per heavy atom. The fraction of sp³-hybridized carbons (Fsp3) is 0.500. The van der Waals surface area contributed by atoms with Gasteiger partial charge in [0, 0.05) is 18.2 Å². The monoisotopic (exact) mass is 283 g/mol. The number of hydrogen-bond acceptors (Lipinski definition) is 3. The molecule has 0 fully saturated rings. The van der Waals surface area contributed by atoms with Crippen molar-refractivity contribution in [3.63, 3.8) is 0 Å². The Balaban J connectivity index is 2.52. The van der Waals surface area contributed by atoms with Crippen molar-refractivity contribution in [1.82, 2.24) is 5.32 Å². The molecule has 1 aromatic rings. The molecule has 1 amide bonds. The minimum Gasteiger partial charge on any atom is -0.351 e. The lowest BCUT2D eigenvalue weighted by atomic mass is 9.95. The molecule has 1 rings (SSSR count). The molecule has 1 aromatic carbocycles. The largest absolute Gasteiger partial charge is 0.351 e. The van der Waals surface area contributed by atoms with Crippen LogP contribution in [0.4, 0.5) is 0 Å². The lowest BCUT2D eigenvalue weighted by Crippen LogP contribution is -2.45. The van der Waals surface area contributed by atoms with Crippen LogP contribution in [0.5, 0.6) is 0 Å². The second kappa shape index (κ2) is 6.19. The molecular weight excluding hydrogens is 262 g/mol. The molecule has 0 aliphatic rings. The third kappa shape index (κ3) is 6.96. The van der Waals surface area contributed by atoms with E-state index in [0.29, 0.717) is 6.42 Å². The summed E-state index contributed by atoms with van der Waals surface area (Å²) in [5.41, 5.74) is 0.742. The summed E-state index contributed by atoms with van der Waals surface area (Å²) in [6.45, 7) is 3.86. The van der Waals surface area contributed by atoms with Crippen molar-refractivity contribution < 1.29 is 13.2 Å². The van der Waals surface area contributed by atoms with Crippen LogP contribution in [0, 0.1) is 0 Å². The van der Waals surface area contributed by atoms with Gasteiger partial charge in [0.25, 0.3) is 0 Å². The molecular formula is C14H21NO3S. The maximum atomic E-state index is 11.7. The average Bonchev–Trinajstić information content (AvgIpc) is 2.25. The van der Waals surface area contributed by atoms with Crippen LogP contribution in [0.25, 0.3) is 0 Å². The summed E-state index contributed by atoms with van der Waals surface area (Å²) < 4.78 is 22.0. The first-order valence-electron chi connectivity index (χ1n) is 6.21. The van der Waals surface area contributed by atoms with E-state index < -0.39 is 15.4 Å². The van der Waals surface area contributed by atoms with Gasteiger partial charge >= 0.3 is 0 Å². The minimum absolute atomic E-state index is 0.0110. The van der Waals surface area contributed by atoms with E-state index in [0.717, 1.165) is 11.8 Å². The molecule has 0 heterocycles. The molecule has 1 N–H and O–H groups in total. The fourth-order valence-corrected chi connectivity index (χ4v) is 2.42. The van der Waals surface area contributed by atoms with E-state index in [4.69, 9.17) is 0 Å². The Morgan fingerprint density at radius 1 is 1.21 bits per heavy atom. The molecule has 0 atom stereocenters. The summed E-state index contributed by atoms with van der Waals surface area (Å²) >= 11 is 0. The average molecular weight is 283 g/mol. The van der Waals surface area contributed by atoms with Crippen LogP contribution in [0.1, 0.15) is 25.8 Å². The second-order valence-electron chi connectivity index (χ2n) is 5.47. The van der Waals surface area contributed by atoms with Gasteiger partial charge < -0.3 is 5.32 Å². The Hall–Kier alpha value is -1.36. The third-order valence-electron chi connectivity index (χ3n) is 2.67. The normalized spacial score (nSPS) is 12.2. The van der Waals surface area contributed by atoms with E-state index >= 15 is 0 Å². The maximum absolute atomic E-state index is 11.7. The highest BCUT2D eigenvalue weighted by molar-refractivity contribution is 7.90. The minimum atomic E-state index is -3.09. The van der Waals surface area contributed by atoms with Crippen LogP contribution in [0.15, 0.2) is 30.3 Å². The zero-order valence-electron chi connectivity index (χ0n) is 11.6. The van der Waals surface area contributed by atoms with Gasteiger partial charge in [-0.1, -0.05) is 30.3 Å². The van der Waals surface area contributed by atoms with Crippen molar-refractivity contribution in [2.75, 3.05) is 12.0 Å². The van der Waals surface area contributed by atoms with E-state index in [2.05, 4.69) is 5.32 Å². The first-order chi connectivity index (χ1) is 8.68. The lowest BCUT2D eigenvalue weighted by Gasteiger charge is -2.26. The zero-order chi connectivity index (χ0) is 14.5. The van der Waals surface area contributed by atoms with E-state index in [1.165, 1.54) is 0 Å². The summed E-state index contributed by atoms with van der Waals surface area (Å²) in [6.07, 6.45) is 1.85. The first kappa shape index (κ1) is 15.7. The molecule has 0 aliphatic heterocycles. The van der Waals surface area contributed by atoms with Gasteiger partial charge in [0.2, 0.25) is 5.91 Å². The van der Waals surface area contributed by atoms with Gasteiger partial charge in [-0.15, -0.1) is 0 Å². The molecule has 0 unspecified atom stereocenters. The SMILES string of the molecule is CC(C)(Cc1ccccc1)NC(=O)CCS(C)(=O)=O. The van der Waals surface area contributed by atoms with Crippen LogP contribution >= 0.6 is 0 Å². The summed E-state index contributed by atoms with van der Waals surface area (Å²) in [5, 5.41) is 2.87. The number of carbonyl (C=O) groups is 1. The van der Waals surface area contributed by atoms with Gasteiger partial charge in [0.1, 0.15) is 9.84 Å². The van der Waals surface area contributed by atoms with Gasteiger partial charge in [-0.25, -0.2) is 8.42 Å². The van der Waals surface area contributed by atoms with Gasteiger partial charge in [0.05, 0.1) is 5.75 Å². The molecule has 0 radical (unpaired) electrons. The van der Waals surface area contributed by atoms with Crippen molar-refractivity contribution in [1.29, 1.82) is 0 Å². The molecule has 0 bridgehead atoms. The Labute approximate surface area is 115 Å². The topological polar surface area (TPSA) is 63.2 Å². The van der Waals surface area contributed by atoms with Crippen LogP contribution in [0.2, 0.25) is 0 Å². The highest BCUT2D eigenvalue weighted by Gasteiger charge is 2.21. The number of amides is 1. The number of carbonyl (C=O) groups excluding carboxylic acids is 1. The quantitative estimate of drug-likeness (QED) is 0.861. The van der Waals surface area contributed by atoms with E-state index in [9.17, 15) is 13.2 Å². The standard InChI is InChI=1S/C14H21NO3S/c1-14(2,11-12-7-5-4-6-8-12)15-13(16)9-10-19(3,17)18/h4-8H,9-11H2,1-3H3,(H,15,16). The van der Waals surface area contributed by atoms with Crippen molar-refractivity contribution in [2.24, 2.45) is 0 Å². The molecule has 5 heteroatoms. The summed E-state index contributed by atoms with van der Waals surface area (Å²) in [6, 6.07) is 9.86. The van der Waals surface area contributed by atoms with Crippen LogP contribution < -0.4 is 5.32 Å². The first-order valence-corrected chi connectivity index (χ1v) is 8.27. The van der Waals surface area contributed by atoms with Crippen LogP contribution in [-0.4, -0.2) is 31.9 Å². The van der Waals surface area contributed by atoms with Crippen LogP contribution in [0.3, 0.4) is 0 Å². The highest BCUT2D eigenvalue weighted by atomic mass is 32.2. The summed E-state index contributed by atoms with van der Waals surface area (Å²) in [5.74, 6) is -0.341. The molecule has 0 spiro atoms. The number of hydrogen-bond donors (Lipinski definition) is 1. The smallest absolute Gasteiger partial charge is 0.221 e. The number of sulfone groups is 1. The summed E-state index contributed by atoms with van der Waals surface area (Å²) in [7, 11) is -3.09. The van der Waals surface area contributed by atoms with E-state index in [-0.39, 0.29) is 18.1 Å². The highest BCUT2D eigenvalue weighted by Crippen LogP contribution is 2.12. The summed E-state index contributed by atoms with van der Waals surface area (Å²) in [4.78, 5) is 11.7. The second-order valence-corrected chi connectivity index (χ2v) is 7.73. The predicted octanol–water partition coefficient (Wildman–Crippen LogP) is 1.56. The van der Waals surface area contributed by atoms with Crippen molar-refractivity contribution in [3.8, 4) is 0 Å². The molecule has 106 valence electrons.